The highest BCUT2D eigenvalue weighted by atomic mass is 19.4. The van der Waals surface area contributed by atoms with E-state index in [0.29, 0.717) is 4.68 Å². The summed E-state index contributed by atoms with van der Waals surface area (Å²) < 4.78 is 40.5. The van der Waals surface area contributed by atoms with Gasteiger partial charge in [-0.05, 0) is 19.1 Å². The Balaban J connectivity index is 2.86. The predicted molar refractivity (Wildman–Crippen MR) is 68.6 cm³/mol. The summed E-state index contributed by atoms with van der Waals surface area (Å²) in [5, 5.41) is 3.69. The van der Waals surface area contributed by atoms with Gasteiger partial charge in [-0.3, -0.25) is 9.59 Å². The van der Waals surface area contributed by atoms with Crippen LogP contribution < -0.4 is 0 Å². The number of halogens is 3. The van der Waals surface area contributed by atoms with E-state index in [1.165, 1.54) is 24.3 Å². The van der Waals surface area contributed by atoms with E-state index in [2.05, 4.69) is 5.10 Å². The minimum Gasteiger partial charge on any atom is -0.294 e. The molecule has 0 aliphatic heterocycles. The van der Waals surface area contributed by atoms with E-state index in [4.69, 9.17) is 0 Å². The molecule has 0 radical (unpaired) electrons. The SMILES string of the molecule is CC(=O)c1nn(-c2ccccc2)c(C(F)(F)F)c1C(C)=O. The summed E-state index contributed by atoms with van der Waals surface area (Å²) in [7, 11) is 0. The monoisotopic (exact) mass is 296 g/mol. The number of ketones is 2. The molecule has 0 aliphatic carbocycles. The minimum atomic E-state index is -4.81. The number of carbonyl (C=O) groups excluding carboxylic acids is 2. The van der Waals surface area contributed by atoms with Gasteiger partial charge in [-0.15, -0.1) is 0 Å². The summed E-state index contributed by atoms with van der Waals surface area (Å²) in [5.74, 6) is -1.55. The molecule has 0 amide bonds. The fourth-order valence-electron chi connectivity index (χ4n) is 2.02. The largest absolute Gasteiger partial charge is 0.434 e. The summed E-state index contributed by atoms with van der Waals surface area (Å²) in [6, 6.07) is 7.54. The third-order valence-corrected chi connectivity index (χ3v) is 2.84. The molecule has 0 spiro atoms. The number of carbonyl (C=O) groups is 2. The van der Waals surface area contributed by atoms with Crippen LogP contribution in [0.3, 0.4) is 0 Å². The molecule has 0 fully saturated rings. The molecule has 110 valence electrons. The summed E-state index contributed by atoms with van der Waals surface area (Å²) in [6.07, 6.45) is -4.81. The molecule has 0 saturated heterocycles. The first kappa shape index (κ1) is 15.0. The smallest absolute Gasteiger partial charge is 0.294 e. The maximum atomic E-state index is 13.3. The van der Waals surface area contributed by atoms with Gasteiger partial charge in [-0.1, -0.05) is 18.2 Å². The minimum absolute atomic E-state index is 0.125. The number of alkyl halides is 3. The molecule has 1 aromatic carbocycles. The zero-order chi connectivity index (χ0) is 15.8. The average molecular weight is 296 g/mol. The van der Waals surface area contributed by atoms with Crippen LogP contribution in [0, 0.1) is 0 Å². The van der Waals surface area contributed by atoms with E-state index in [1.54, 1.807) is 6.07 Å². The molecule has 2 aromatic rings. The van der Waals surface area contributed by atoms with Crippen LogP contribution in [0.5, 0.6) is 0 Å². The zero-order valence-electron chi connectivity index (χ0n) is 11.2. The molecule has 0 atom stereocenters. The Kier molecular flexibility index (Phi) is 3.67. The predicted octanol–water partition coefficient (Wildman–Crippen LogP) is 3.30. The number of hydrogen-bond donors (Lipinski definition) is 0. The van der Waals surface area contributed by atoms with Gasteiger partial charge < -0.3 is 0 Å². The molecule has 1 aromatic heterocycles. The molecular formula is C14H11F3N2O2. The van der Waals surface area contributed by atoms with Crippen molar-refractivity contribution in [2.75, 3.05) is 0 Å². The first-order valence-corrected chi connectivity index (χ1v) is 6.01. The van der Waals surface area contributed by atoms with Gasteiger partial charge in [-0.2, -0.15) is 18.3 Å². The van der Waals surface area contributed by atoms with Crippen LogP contribution in [0.4, 0.5) is 13.2 Å². The second-order valence-electron chi connectivity index (χ2n) is 4.43. The van der Waals surface area contributed by atoms with Gasteiger partial charge in [0.15, 0.2) is 17.3 Å². The van der Waals surface area contributed by atoms with Crippen LogP contribution >= 0.6 is 0 Å². The number of nitrogens with zero attached hydrogens (tertiary/aromatic N) is 2. The Hall–Kier alpha value is -2.44. The van der Waals surface area contributed by atoms with Crippen LogP contribution in [0.1, 0.15) is 40.4 Å². The van der Waals surface area contributed by atoms with E-state index < -0.39 is 34.7 Å². The second-order valence-corrected chi connectivity index (χ2v) is 4.43. The third kappa shape index (κ3) is 2.72. The molecule has 0 N–H and O–H groups in total. The first-order valence-electron chi connectivity index (χ1n) is 6.01. The highest BCUT2D eigenvalue weighted by Gasteiger charge is 2.42. The number of Topliss-reactive ketones (excluding diaryl/α,β-unsaturated/α-hetero) is 2. The first-order chi connectivity index (χ1) is 9.73. The maximum Gasteiger partial charge on any atom is 0.434 e. The van der Waals surface area contributed by atoms with Gasteiger partial charge in [0.1, 0.15) is 5.69 Å². The Morgan fingerprint density at radius 3 is 2.05 bits per heavy atom. The number of aromatic nitrogens is 2. The van der Waals surface area contributed by atoms with Gasteiger partial charge in [-0.25, -0.2) is 4.68 Å². The van der Waals surface area contributed by atoms with Gasteiger partial charge in [0.05, 0.1) is 11.3 Å². The Morgan fingerprint density at radius 2 is 1.62 bits per heavy atom. The Morgan fingerprint density at radius 1 is 1.05 bits per heavy atom. The van der Waals surface area contributed by atoms with Crippen LogP contribution in [-0.4, -0.2) is 21.3 Å². The number of benzene rings is 1. The number of rotatable bonds is 3. The highest BCUT2D eigenvalue weighted by Crippen LogP contribution is 2.35. The molecule has 21 heavy (non-hydrogen) atoms. The van der Waals surface area contributed by atoms with E-state index in [-0.39, 0.29) is 5.69 Å². The van der Waals surface area contributed by atoms with Crippen molar-refractivity contribution in [3.05, 3.63) is 47.3 Å². The summed E-state index contributed by atoms with van der Waals surface area (Å²) in [4.78, 5) is 23.1. The summed E-state index contributed by atoms with van der Waals surface area (Å²) in [5.41, 5.74) is -2.27. The molecular weight excluding hydrogens is 285 g/mol. The fourth-order valence-corrected chi connectivity index (χ4v) is 2.02. The van der Waals surface area contributed by atoms with Gasteiger partial charge >= 0.3 is 6.18 Å². The van der Waals surface area contributed by atoms with Crippen molar-refractivity contribution in [2.24, 2.45) is 0 Å². The van der Waals surface area contributed by atoms with Crippen molar-refractivity contribution in [2.45, 2.75) is 20.0 Å². The van der Waals surface area contributed by atoms with E-state index in [0.717, 1.165) is 13.8 Å². The fraction of sp³-hybridized carbons (Fsp3) is 0.214. The topological polar surface area (TPSA) is 52.0 Å². The van der Waals surface area contributed by atoms with Crippen molar-refractivity contribution in [1.82, 2.24) is 9.78 Å². The Labute approximate surface area is 118 Å². The van der Waals surface area contributed by atoms with Gasteiger partial charge in [0.25, 0.3) is 0 Å². The van der Waals surface area contributed by atoms with Crippen LogP contribution in [0.25, 0.3) is 5.69 Å². The molecule has 4 nitrogen and oxygen atoms in total. The highest BCUT2D eigenvalue weighted by molar-refractivity contribution is 6.07. The normalized spacial score (nSPS) is 11.5. The standard InChI is InChI=1S/C14H11F3N2O2/c1-8(20)11-12(9(2)21)18-19(13(11)14(15,16)17)10-6-4-3-5-7-10/h3-7H,1-2H3. The lowest BCUT2D eigenvalue weighted by Crippen LogP contribution is -2.17. The van der Waals surface area contributed by atoms with E-state index in [1.807, 2.05) is 0 Å². The molecule has 0 aliphatic rings. The maximum absolute atomic E-state index is 13.3. The third-order valence-electron chi connectivity index (χ3n) is 2.84. The Bertz CT molecular complexity index is 703. The molecule has 1 heterocycles. The van der Waals surface area contributed by atoms with Crippen molar-refractivity contribution in [1.29, 1.82) is 0 Å². The quantitative estimate of drug-likeness (QED) is 0.817. The lowest BCUT2D eigenvalue weighted by molar-refractivity contribution is -0.143. The second kappa shape index (κ2) is 5.16. The van der Waals surface area contributed by atoms with Crippen molar-refractivity contribution in [3.8, 4) is 5.69 Å². The summed E-state index contributed by atoms with van der Waals surface area (Å²) in [6.45, 7) is 2.05. The summed E-state index contributed by atoms with van der Waals surface area (Å²) >= 11 is 0. The lowest BCUT2D eigenvalue weighted by atomic mass is 10.1. The van der Waals surface area contributed by atoms with Crippen molar-refractivity contribution >= 4 is 11.6 Å². The van der Waals surface area contributed by atoms with Crippen LogP contribution in [0.15, 0.2) is 30.3 Å². The molecule has 7 heteroatoms. The van der Waals surface area contributed by atoms with Crippen LogP contribution in [-0.2, 0) is 6.18 Å². The van der Waals surface area contributed by atoms with Gasteiger partial charge in [0.2, 0.25) is 0 Å². The molecule has 0 bridgehead atoms. The average Bonchev–Trinajstić information content (AvgIpc) is 2.80. The van der Waals surface area contributed by atoms with Gasteiger partial charge in [0, 0.05) is 6.92 Å². The van der Waals surface area contributed by atoms with Crippen molar-refractivity contribution < 1.29 is 22.8 Å². The zero-order valence-corrected chi connectivity index (χ0v) is 11.2. The van der Waals surface area contributed by atoms with Crippen molar-refractivity contribution in [3.63, 3.8) is 0 Å². The molecule has 0 unspecified atom stereocenters. The number of hydrogen-bond acceptors (Lipinski definition) is 3. The lowest BCUT2D eigenvalue weighted by Gasteiger charge is -2.11. The molecule has 2 rings (SSSR count). The van der Waals surface area contributed by atoms with Crippen LogP contribution in [0.2, 0.25) is 0 Å². The van der Waals surface area contributed by atoms with E-state index >= 15 is 0 Å². The molecule has 0 saturated carbocycles. The van der Waals surface area contributed by atoms with E-state index in [9.17, 15) is 22.8 Å². The number of para-hydroxylation sites is 1.